The van der Waals surface area contributed by atoms with Gasteiger partial charge in [-0.1, -0.05) is 91.7 Å². The van der Waals surface area contributed by atoms with Gasteiger partial charge >= 0.3 is 6.18 Å². The molecule has 0 aromatic heterocycles. The molecule has 0 radical (unpaired) electrons. The lowest BCUT2D eigenvalue weighted by Gasteiger charge is -2.38. The zero-order valence-electron chi connectivity index (χ0n) is 26.2. The van der Waals surface area contributed by atoms with Crippen LogP contribution < -0.4 is 16.1 Å². The van der Waals surface area contributed by atoms with E-state index in [0.717, 1.165) is 67.4 Å². The number of alkyl halides is 3. The standard InChI is InChI=1S/C36H45F3N4O3/c37-36(38,39)26-42-46-35(30-17-7-5-15-28(30)29-16-6-8-18-31(29)35)21-10-2-11-22-40-33(44)20-23-41-34(45)32-19-9-12-24-43(32)25-27-13-3-1-4-14-27/h1,3-8,13-18,32,34,41-42,45H,2,9-12,19-26H2,(H,40,44). The summed E-state index contributed by atoms with van der Waals surface area (Å²) in [7, 11) is 0. The average Bonchev–Trinajstić information content (AvgIpc) is 3.32. The first-order chi connectivity index (χ1) is 22.3. The van der Waals surface area contributed by atoms with Crippen molar-refractivity contribution in [2.24, 2.45) is 0 Å². The SMILES string of the molecule is O=C(CCNC(O)C1CCCCN1Cc1ccccc1)NCCCCCC1(ONCC(F)(F)F)c2ccccc2-c2ccccc21. The molecule has 248 valence electrons. The minimum absolute atomic E-state index is 0.00625. The van der Waals surface area contributed by atoms with Gasteiger partial charge in [0.05, 0.1) is 0 Å². The van der Waals surface area contributed by atoms with Crippen molar-refractivity contribution in [3.63, 3.8) is 0 Å². The third-order valence-corrected chi connectivity index (χ3v) is 9.02. The summed E-state index contributed by atoms with van der Waals surface area (Å²) in [5.74, 6) is -0.0840. The monoisotopic (exact) mass is 638 g/mol. The number of nitrogens with one attached hydrogen (secondary N) is 3. The van der Waals surface area contributed by atoms with E-state index in [1.807, 2.05) is 66.7 Å². The lowest BCUT2D eigenvalue weighted by Crippen LogP contribution is -2.52. The first-order valence-electron chi connectivity index (χ1n) is 16.4. The van der Waals surface area contributed by atoms with Crippen molar-refractivity contribution >= 4 is 5.91 Å². The van der Waals surface area contributed by atoms with E-state index in [1.165, 1.54) is 5.56 Å². The van der Waals surface area contributed by atoms with E-state index in [4.69, 9.17) is 4.84 Å². The molecule has 2 atom stereocenters. The van der Waals surface area contributed by atoms with E-state index < -0.39 is 24.6 Å². The highest BCUT2D eigenvalue weighted by atomic mass is 19.4. The maximum Gasteiger partial charge on any atom is 0.403 e. The molecule has 2 aliphatic rings. The first-order valence-corrected chi connectivity index (χ1v) is 16.4. The van der Waals surface area contributed by atoms with Gasteiger partial charge in [0.2, 0.25) is 5.91 Å². The van der Waals surface area contributed by atoms with Crippen molar-refractivity contribution in [1.82, 2.24) is 21.0 Å². The van der Waals surface area contributed by atoms with E-state index in [1.54, 1.807) is 0 Å². The van der Waals surface area contributed by atoms with Crippen molar-refractivity contribution < 1.29 is 27.9 Å². The number of unbranched alkanes of at least 4 members (excludes halogenated alkanes) is 2. The molecular formula is C36H45F3N4O3. The number of aliphatic hydroxyl groups excluding tert-OH is 1. The highest BCUT2D eigenvalue weighted by Crippen LogP contribution is 2.51. The van der Waals surface area contributed by atoms with E-state index in [2.05, 4.69) is 33.1 Å². The fraction of sp³-hybridized carbons (Fsp3) is 0.472. The Hall–Kier alpha value is -3.28. The third kappa shape index (κ3) is 8.74. The summed E-state index contributed by atoms with van der Waals surface area (Å²) in [5, 5.41) is 17.0. The Morgan fingerprint density at radius 3 is 2.28 bits per heavy atom. The molecule has 1 saturated heterocycles. The molecule has 1 amide bonds. The first kappa shape index (κ1) is 34.1. The van der Waals surface area contributed by atoms with Gasteiger partial charge in [0, 0.05) is 32.1 Å². The number of likely N-dealkylation sites (tertiary alicyclic amines) is 1. The largest absolute Gasteiger partial charge is 0.403 e. The molecule has 0 spiro atoms. The normalized spacial score (nSPS) is 18.1. The predicted octanol–water partition coefficient (Wildman–Crippen LogP) is 6.02. The summed E-state index contributed by atoms with van der Waals surface area (Å²) in [4.78, 5) is 20.8. The summed E-state index contributed by atoms with van der Waals surface area (Å²) in [6, 6.07) is 25.7. The molecule has 1 fully saturated rings. The van der Waals surface area contributed by atoms with Crippen molar-refractivity contribution in [3.05, 3.63) is 95.6 Å². The minimum Gasteiger partial charge on any atom is -0.377 e. The molecule has 0 saturated carbocycles. The van der Waals surface area contributed by atoms with Crippen molar-refractivity contribution in [3.8, 4) is 11.1 Å². The number of fused-ring (bicyclic) bond motifs is 3. The topological polar surface area (TPSA) is 85.9 Å². The second-order valence-electron chi connectivity index (χ2n) is 12.3. The van der Waals surface area contributed by atoms with Crippen LogP contribution in [-0.2, 0) is 21.8 Å². The van der Waals surface area contributed by atoms with Crippen LogP contribution in [0.3, 0.4) is 0 Å². The molecule has 2 unspecified atom stereocenters. The molecule has 1 aliphatic carbocycles. The fourth-order valence-corrected chi connectivity index (χ4v) is 6.81. The number of piperidine rings is 1. The number of amides is 1. The molecule has 3 aromatic rings. The Bertz CT molecular complexity index is 1360. The number of carbonyl (C=O) groups is 1. The Morgan fingerprint density at radius 2 is 1.59 bits per heavy atom. The van der Waals surface area contributed by atoms with Gasteiger partial charge in [-0.2, -0.15) is 18.7 Å². The van der Waals surface area contributed by atoms with Gasteiger partial charge < -0.3 is 10.4 Å². The Labute approximate surface area is 269 Å². The van der Waals surface area contributed by atoms with Gasteiger partial charge in [0.15, 0.2) is 0 Å². The van der Waals surface area contributed by atoms with E-state index in [-0.39, 0.29) is 18.4 Å². The molecule has 4 N–H and O–H groups in total. The maximum atomic E-state index is 13.0. The highest BCUT2D eigenvalue weighted by Gasteiger charge is 2.45. The molecule has 1 aliphatic heterocycles. The van der Waals surface area contributed by atoms with E-state index >= 15 is 0 Å². The number of aliphatic hydroxyl groups is 1. The number of hydrogen-bond donors (Lipinski definition) is 4. The van der Waals surface area contributed by atoms with Crippen LogP contribution in [0, 0.1) is 0 Å². The smallest absolute Gasteiger partial charge is 0.377 e. The van der Waals surface area contributed by atoms with Crippen LogP contribution in [0.5, 0.6) is 0 Å². The van der Waals surface area contributed by atoms with Gasteiger partial charge in [-0.25, -0.2) is 0 Å². The molecular weight excluding hydrogens is 593 g/mol. The number of benzene rings is 3. The van der Waals surface area contributed by atoms with Gasteiger partial charge in [0.25, 0.3) is 0 Å². The van der Waals surface area contributed by atoms with Gasteiger partial charge in [0.1, 0.15) is 18.4 Å². The summed E-state index contributed by atoms with van der Waals surface area (Å²) >= 11 is 0. The third-order valence-electron chi connectivity index (χ3n) is 9.02. The quantitative estimate of drug-likeness (QED) is 0.0873. The molecule has 5 rings (SSSR count). The van der Waals surface area contributed by atoms with E-state index in [0.29, 0.717) is 25.9 Å². The zero-order valence-corrected chi connectivity index (χ0v) is 26.2. The second-order valence-corrected chi connectivity index (χ2v) is 12.3. The lowest BCUT2D eigenvalue weighted by atomic mass is 9.86. The molecule has 1 heterocycles. The van der Waals surface area contributed by atoms with Crippen LogP contribution in [-0.4, -0.2) is 60.5 Å². The Kier molecular flexibility index (Phi) is 11.9. The van der Waals surface area contributed by atoms with Crippen molar-refractivity contribution in [2.45, 2.75) is 82.0 Å². The maximum absolute atomic E-state index is 13.0. The predicted molar refractivity (Wildman–Crippen MR) is 172 cm³/mol. The number of rotatable bonds is 16. The van der Waals surface area contributed by atoms with Crippen LogP contribution in [0.15, 0.2) is 78.9 Å². The van der Waals surface area contributed by atoms with Gasteiger partial charge in [-0.15, -0.1) is 0 Å². The minimum atomic E-state index is -4.40. The number of carbonyl (C=O) groups excluding carboxylic acids is 1. The van der Waals surface area contributed by atoms with Crippen molar-refractivity contribution in [1.29, 1.82) is 0 Å². The molecule has 7 nitrogen and oxygen atoms in total. The molecule has 46 heavy (non-hydrogen) atoms. The summed E-state index contributed by atoms with van der Waals surface area (Å²) in [5.41, 5.74) is 6.02. The van der Waals surface area contributed by atoms with Crippen LogP contribution in [0.2, 0.25) is 0 Å². The van der Waals surface area contributed by atoms with Gasteiger partial charge in [-0.05, 0) is 66.5 Å². The number of hydroxylamine groups is 1. The molecule has 0 bridgehead atoms. The molecule has 10 heteroatoms. The van der Waals surface area contributed by atoms with Crippen LogP contribution >= 0.6 is 0 Å². The van der Waals surface area contributed by atoms with Crippen LogP contribution in [0.4, 0.5) is 13.2 Å². The van der Waals surface area contributed by atoms with Crippen molar-refractivity contribution in [2.75, 3.05) is 26.2 Å². The number of halogens is 3. The van der Waals surface area contributed by atoms with Crippen LogP contribution in [0.25, 0.3) is 11.1 Å². The molecule has 3 aromatic carbocycles. The fourth-order valence-electron chi connectivity index (χ4n) is 6.81. The summed E-state index contributed by atoms with van der Waals surface area (Å²) in [6.45, 7) is 1.37. The summed E-state index contributed by atoms with van der Waals surface area (Å²) < 4.78 is 39.0. The van der Waals surface area contributed by atoms with Crippen LogP contribution in [0.1, 0.15) is 68.1 Å². The zero-order chi connectivity index (χ0) is 32.4. The van der Waals surface area contributed by atoms with Gasteiger partial charge in [-0.3, -0.25) is 19.8 Å². The summed E-state index contributed by atoms with van der Waals surface area (Å²) in [6.07, 6.45) is 0.940. The highest BCUT2D eigenvalue weighted by molar-refractivity contribution is 5.80. The Balaban J connectivity index is 1.05. The Morgan fingerprint density at radius 1 is 0.913 bits per heavy atom. The lowest BCUT2D eigenvalue weighted by molar-refractivity contribution is -0.173. The second kappa shape index (κ2) is 16.0. The number of hydrogen-bond acceptors (Lipinski definition) is 6. The van der Waals surface area contributed by atoms with E-state index in [9.17, 15) is 23.1 Å². The number of nitrogens with zero attached hydrogens (tertiary/aromatic N) is 1. The average molecular weight is 639 g/mol.